The average Bonchev–Trinajstić information content (AvgIpc) is 3.43. The number of benzene rings is 1. The van der Waals surface area contributed by atoms with E-state index < -0.39 is 10.0 Å². The van der Waals surface area contributed by atoms with Gasteiger partial charge in [0, 0.05) is 35.7 Å². The van der Waals surface area contributed by atoms with Crippen LogP contribution in [0.25, 0.3) is 0 Å². The Labute approximate surface area is 176 Å². The first-order valence-corrected chi connectivity index (χ1v) is 12.5. The van der Waals surface area contributed by atoms with Gasteiger partial charge >= 0.3 is 0 Å². The van der Waals surface area contributed by atoms with Crippen LogP contribution in [0.1, 0.15) is 45.1 Å². The average molecular weight is 472 g/mol. The van der Waals surface area contributed by atoms with Gasteiger partial charge in [-0.05, 0) is 72.4 Å². The summed E-state index contributed by atoms with van der Waals surface area (Å²) in [6, 6.07) is 3.51. The zero-order valence-electron chi connectivity index (χ0n) is 16.7. The first kappa shape index (κ1) is 21.7. The van der Waals surface area contributed by atoms with Crippen molar-refractivity contribution in [2.24, 2.45) is 5.92 Å². The highest BCUT2D eigenvalue weighted by Crippen LogP contribution is 2.39. The van der Waals surface area contributed by atoms with Crippen molar-refractivity contribution in [3.8, 4) is 0 Å². The first-order chi connectivity index (χ1) is 13.4. The number of anilines is 1. The lowest BCUT2D eigenvalue weighted by atomic mass is 10.2. The van der Waals surface area contributed by atoms with E-state index in [1.165, 1.54) is 0 Å². The summed E-state index contributed by atoms with van der Waals surface area (Å²) in [5, 5.41) is 0. The Hall–Kier alpha value is -0.960. The molecule has 1 heterocycles. The molecule has 0 spiro atoms. The number of hydrogen-bond acceptors (Lipinski definition) is 4. The van der Waals surface area contributed by atoms with Gasteiger partial charge in [-0.25, -0.2) is 13.1 Å². The minimum atomic E-state index is -3.65. The lowest BCUT2D eigenvalue weighted by Crippen LogP contribution is -2.35. The predicted molar refractivity (Wildman–Crippen MR) is 115 cm³/mol. The molecule has 0 saturated heterocycles. The van der Waals surface area contributed by atoms with Crippen molar-refractivity contribution in [2.75, 3.05) is 37.6 Å². The Kier molecular flexibility index (Phi) is 7.17. The van der Waals surface area contributed by atoms with Crippen molar-refractivity contribution < 1.29 is 13.2 Å². The minimum absolute atomic E-state index is 0.121. The Morgan fingerprint density at radius 3 is 2.68 bits per heavy atom. The molecule has 0 atom stereocenters. The van der Waals surface area contributed by atoms with E-state index in [0.29, 0.717) is 24.1 Å². The van der Waals surface area contributed by atoms with E-state index in [-0.39, 0.29) is 16.7 Å². The Balaban J connectivity index is 1.71. The van der Waals surface area contributed by atoms with Crippen LogP contribution in [0.3, 0.4) is 0 Å². The number of nitrogens with zero attached hydrogens (tertiary/aromatic N) is 2. The van der Waals surface area contributed by atoms with Gasteiger partial charge in [-0.15, -0.1) is 0 Å². The molecule has 1 saturated carbocycles. The third-order valence-corrected chi connectivity index (χ3v) is 7.93. The summed E-state index contributed by atoms with van der Waals surface area (Å²) in [5.41, 5.74) is 1.77. The molecule has 2 aliphatic rings. The quantitative estimate of drug-likeness (QED) is 0.568. The zero-order chi connectivity index (χ0) is 20.3. The largest absolute Gasteiger partial charge is 0.312 e. The van der Waals surface area contributed by atoms with Gasteiger partial charge in [0.2, 0.25) is 15.9 Å². The van der Waals surface area contributed by atoms with Gasteiger partial charge in [-0.1, -0.05) is 20.3 Å². The summed E-state index contributed by atoms with van der Waals surface area (Å²) in [7, 11) is -3.65. The molecule has 0 bridgehead atoms. The summed E-state index contributed by atoms with van der Waals surface area (Å²) in [6.45, 7) is 7.82. The standard InChI is InChI=1S/C20H30BrN3O3S/c1-3-5-10-23(4-2)12-9-22-28(26,27)19-14-18-16(13-17(19)21)8-11-24(18)20(25)15-6-7-15/h13-15,22H,3-12H2,1-2H3. The second-order valence-corrected chi connectivity index (χ2v) is 10.2. The molecule has 8 heteroatoms. The topological polar surface area (TPSA) is 69.7 Å². The number of unbranched alkanes of at least 4 members (excludes halogenated alkanes) is 1. The maximum Gasteiger partial charge on any atom is 0.241 e. The fourth-order valence-electron chi connectivity index (χ4n) is 3.60. The number of carbonyl (C=O) groups excluding carboxylic acids is 1. The van der Waals surface area contributed by atoms with Gasteiger partial charge < -0.3 is 9.80 Å². The molecule has 1 fully saturated rings. The fraction of sp³-hybridized carbons (Fsp3) is 0.650. The Bertz CT molecular complexity index is 824. The molecule has 28 heavy (non-hydrogen) atoms. The summed E-state index contributed by atoms with van der Waals surface area (Å²) in [5.74, 6) is 0.253. The van der Waals surface area contributed by atoms with Crippen LogP contribution >= 0.6 is 15.9 Å². The van der Waals surface area contributed by atoms with E-state index in [2.05, 4.69) is 39.4 Å². The molecule has 6 nitrogen and oxygen atoms in total. The summed E-state index contributed by atoms with van der Waals surface area (Å²) in [6.07, 6.45) is 4.89. The fourth-order valence-corrected chi connectivity index (χ4v) is 5.73. The highest BCUT2D eigenvalue weighted by atomic mass is 79.9. The highest BCUT2D eigenvalue weighted by Gasteiger charge is 2.37. The van der Waals surface area contributed by atoms with Crippen LogP contribution in [0.2, 0.25) is 0 Å². The number of halogens is 1. The van der Waals surface area contributed by atoms with Crippen molar-refractivity contribution >= 4 is 37.5 Å². The lowest BCUT2D eigenvalue weighted by molar-refractivity contribution is -0.119. The van der Waals surface area contributed by atoms with Crippen molar-refractivity contribution in [1.82, 2.24) is 9.62 Å². The summed E-state index contributed by atoms with van der Waals surface area (Å²) in [4.78, 5) is 16.7. The van der Waals surface area contributed by atoms with E-state index in [1.54, 1.807) is 11.0 Å². The Morgan fingerprint density at radius 1 is 1.29 bits per heavy atom. The van der Waals surface area contributed by atoms with Gasteiger partial charge in [-0.2, -0.15) is 0 Å². The molecule has 0 unspecified atom stereocenters. The normalized spacial score (nSPS) is 16.6. The molecule has 1 N–H and O–H groups in total. The number of nitrogens with one attached hydrogen (secondary N) is 1. The molecule has 1 aromatic rings. The van der Waals surface area contributed by atoms with Crippen LogP contribution in [-0.4, -0.2) is 51.9 Å². The van der Waals surface area contributed by atoms with E-state index in [9.17, 15) is 13.2 Å². The maximum atomic E-state index is 12.9. The van der Waals surface area contributed by atoms with Crippen molar-refractivity contribution in [3.63, 3.8) is 0 Å². The molecular weight excluding hydrogens is 442 g/mol. The van der Waals surface area contributed by atoms with Crippen LogP contribution in [0.4, 0.5) is 5.69 Å². The van der Waals surface area contributed by atoms with Crippen LogP contribution < -0.4 is 9.62 Å². The molecule has 0 radical (unpaired) electrons. The smallest absolute Gasteiger partial charge is 0.241 e. The van der Waals surface area contributed by atoms with Gasteiger partial charge in [-0.3, -0.25) is 4.79 Å². The second-order valence-electron chi connectivity index (χ2n) is 7.61. The highest BCUT2D eigenvalue weighted by molar-refractivity contribution is 9.10. The van der Waals surface area contributed by atoms with Crippen LogP contribution in [0.5, 0.6) is 0 Å². The number of sulfonamides is 1. The third kappa shape index (κ3) is 4.96. The van der Waals surface area contributed by atoms with E-state index >= 15 is 0 Å². The van der Waals surface area contributed by atoms with Gasteiger partial charge in [0.05, 0.1) is 4.90 Å². The monoisotopic (exact) mass is 471 g/mol. The minimum Gasteiger partial charge on any atom is -0.312 e. The molecular formula is C20H30BrN3O3S. The summed E-state index contributed by atoms with van der Waals surface area (Å²) >= 11 is 3.42. The number of fused-ring (bicyclic) bond motifs is 1. The van der Waals surface area contributed by atoms with E-state index in [1.807, 2.05) is 6.07 Å². The molecule has 1 amide bonds. The molecule has 0 aromatic heterocycles. The SMILES string of the molecule is CCCCN(CC)CCNS(=O)(=O)c1cc2c(cc1Br)CCN2C(=O)C1CC1. The molecule has 1 aromatic carbocycles. The van der Waals surface area contributed by atoms with Crippen molar-refractivity contribution in [3.05, 3.63) is 22.2 Å². The number of hydrogen-bond donors (Lipinski definition) is 1. The van der Waals surface area contributed by atoms with E-state index in [4.69, 9.17) is 0 Å². The van der Waals surface area contributed by atoms with Crippen molar-refractivity contribution in [1.29, 1.82) is 0 Å². The summed E-state index contributed by atoms with van der Waals surface area (Å²) < 4.78 is 29.1. The van der Waals surface area contributed by atoms with Gasteiger partial charge in [0.1, 0.15) is 0 Å². The number of carbonyl (C=O) groups is 1. The van der Waals surface area contributed by atoms with Crippen LogP contribution in [-0.2, 0) is 21.2 Å². The lowest BCUT2D eigenvalue weighted by Gasteiger charge is -2.21. The molecule has 1 aliphatic carbocycles. The predicted octanol–water partition coefficient (Wildman–Crippen LogP) is 3.15. The van der Waals surface area contributed by atoms with Crippen LogP contribution in [0.15, 0.2) is 21.5 Å². The van der Waals surface area contributed by atoms with Gasteiger partial charge in [0.15, 0.2) is 0 Å². The zero-order valence-corrected chi connectivity index (χ0v) is 19.1. The van der Waals surface area contributed by atoms with E-state index in [0.717, 1.165) is 56.4 Å². The second kappa shape index (κ2) is 9.24. The van der Waals surface area contributed by atoms with Crippen molar-refractivity contribution in [2.45, 2.75) is 50.8 Å². The molecule has 1 aliphatic heterocycles. The number of rotatable bonds is 10. The van der Waals surface area contributed by atoms with Gasteiger partial charge in [0.25, 0.3) is 0 Å². The third-order valence-electron chi connectivity index (χ3n) is 5.51. The number of likely N-dealkylation sites (N-methyl/N-ethyl adjacent to an activating group) is 1. The maximum absolute atomic E-state index is 12.9. The Morgan fingerprint density at radius 2 is 2.04 bits per heavy atom. The molecule has 3 rings (SSSR count). The molecule has 156 valence electrons. The first-order valence-electron chi connectivity index (χ1n) is 10.2. The number of amides is 1. The van der Waals surface area contributed by atoms with Crippen LogP contribution in [0, 0.1) is 5.92 Å².